The van der Waals surface area contributed by atoms with E-state index < -0.39 is 0 Å². The standard InChI is InChI=1S/C25H26N2S/c26-17-22-8-9-23(25-14-19-11-20(15-25)13-21(12-19)16-25)27-24(22)28-10-4-7-18-5-2-1-3-6-18/h1-9,19-21H,10-16H2. The molecule has 142 valence electrons. The fourth-order valence-corrected chi connectivity index (χ4v) is 7.01. The lowest BCUT2D eigenvalue weighted by atomic mass is 9.49. The minimum atomic E-state index is 0.290. The Labute approximate surface area is 172 Å². The highest BCUT2D eigenvalue weighted by Gasteiger charge is 2.52. The van der Waals surface area contributed by atoms with Crippen molar-refractivity contribution in [3.05, 3.63) is 65.4 Å². The van der Waals surface area contributed by atoms with Gasteiger partial charge in [0.25, 0.3) is 0 Å². The first-order valence-corrected chi connectivity index (χ1v) is 11.5. The van der Waals surface area contributed by atoms with Crippen LogP contribution in [0.2, 0.25) is 0 Å². The largest absolute Gasteiger partial charge is 0.245 e. The molecule has 4 aliphatic rings. The molecule has 0 N–H and O–H groups in total. The Morgan fingerprint density at radius 1 is 1.00 bits per heavy atom. The first-order valence-electron chi connectivity index (χ1n) is 10.5. The SMILES string of the molecule is N#Cc1ccc(C23CC4CC(CC(C4)C2)C3)nc1SCC=Cc1ccccc1. The van der Waals surface area contributed by atoms with Crippen LogP contribution in [0.3, 0.4) is 0 Å². The predicted molar refractivity (Wildman–Crippen MR) is 115 cm³/mol. The molecule has 4 saturated carbocycles. The Bertz CT molecular complexity index is 890. The summed E-state index contributed by atoms with van der Waals surface area (Å²) >= 11 is 1.69. The van der Waals surface area contributed by atoms with Gasteiger partial charge in [0.1, 0.15) is 11.1 Å². The molecule has 0 atom stereocenters. The number of pyridine rings is 1. The lowest BCUT2D eigenvalue weighted by molar-refractivity contribution is -0.00744. The smallest absolute Gasteiger partial charge is 0.114 e. The van der Waals surface area contributed by atoms with Crippen LogP contribution in [0.25, 0.3) is 6.08 Å². The van der Waals surface area contributed by atoms with Gasteiger partial charge in [-0.15, -0.1) is 11.8 Å². The van der Waals surface area contributed by atoms with Crippen LogP contribution in [0.5, 0.6) is 0 Å². The maximum absolute atomic E-state index is 9.56. The third kappa shape index (κ3) is 3.40. The number of thioether (sulfide) groups is 1. The molecule has 0 saturated heterocycles. The monoisotopic (exact) mass is 386 g/mol. The van der Waals surface area contributed by atoms with Gasteiger partial charge in [-0.25, -0.2) is 4.98 Å². The van der Waals surface area contributed by atoms with Crippen molar-refractivity contribution in [2.45, 2.75) is 49.0 Å². The third-order valence-electron chi connectivity index (χ3n) is 6.99. The normalized spacial score (nSPS) is 30.6. The van der Waals surface area contributed by atoms with E-state index in [0.717, 1.165) is 28.5 Å². The number of nitriles is 1. The van der Waals surface area contributed by atoms with Gasteiger partial charge in [-0.05, 0) is 74.0 Å². The quantitative estimate of drug-likeness (QED) is 0.572. The Balaban J connectivity index is 1.35. The van der Waals surface area contributed by atoms with Crippen molar-refractivity contribution in [3.63, 3.8) is 0 Å². The molecular weight excluding hydrogens is 360 g/mol. The number of hydrogen-bond donors (Lipinski definition) is 0. The van der Waals surface area contributed by atoms with Crippen molar-refractivity contribution >= 4 is 17.8 Å². The van der Waals surface area contributed by atoms with Gasteiger partial charge in [-0.2, -0.15) is 5.26 Å². The van der Waals surface area contributed by atoms with Gasteiger partial charge in [0, 0.05) is 16.9 Å². The zero-order valence-electron chi connectivity index (χ0n) is 16.2. The molecule has 0 radical (unpaired) electrons. The maximum atomic E-state index is 9.56. The molecule has 3 heteroatoms. The Morgan fingerprint density at radius 3 is 2.32 bits per heavy atom. The van der Waals surface area contributed by atoms with E-state index in [-0.39, 0.29) is 5.41 Å². The van der Waals surface area contributed by atoms with Crippen molar-refractivity contribution in [1.82, 2.24) is 4.98 Å². The van der Waals surface area contributed by atoms with Crippen molar-refractivity contribution in [2.24, 2.45) is 17.8 Å². The highest BCUT2D eigenvalue weighted by Crippen LogP contribution is 2.60. The molecule has 6 rings (SSSR count). The Kier molecular flexibility index (Phi) is 4.77. The van der Waals surface area contributed by atoms with E-state index in [4.69, 9.17) is 4.98 Å². The molecular formula is C25H26N2S. The van der Waals surface area contributed by atoms with Gasteiger partial charge in [-0.1, -0.05) is 42.5 Å². The molecule has 0 spiro atoms. The maximum Gasteiger partial charge on any atom is 0.114 e. The lowest BCUT2D eigenvalue weighted by Crippen LogP contribution is -2.49. The summed E-state index contributed by atoms with van der Waals surface area (Å²) in [5, 5.41) is 10.5. The molecule has 2 aromatic rings. The minimum Gasteiger partial charge on any atom is -0.245 e. The van der Waals surface area contributed by atoms with Crippen molar-refractivity contribution < 1.29 is 0 Å². The molecule has 2 nitrogen and oxygen atoms in total. The van der Waals surface area contributed by atoms with Gasteiger partial charge in [0.15, 0.2) is 0 Å². The molecule has 1 aromatic carbocycles. The number of hydrogen-bond acceptors (Lipinski definition) is 3. The molecule has 0 amide bonds. The zero-order valence-corrected chi connectivity index (χ0v) is 17.0. The first kappa shape index (κ1) is 18.0. The van der Waals surface area contributed by atoms with Gasteiger partial charge >= 0.3 is 0 Å². The van der Waals surface area contributed by atoms with Crippen LogP contribution in [0, 0.1) is 29.1 Å². The van der Waals surface area contributed by atoms with Gasteiger partial charge in [-0.3, -0.25) is 0 Å². The van der Waals surface area contributed by atoms with Crippen LogP contribution in [-0.4, -0.2) is 10.7 Å². The van der Waals surface area contributed by atoms with Crippen LogP contribution in [0.15, 0.2) is 53.6 Å². The molecule has 28 heavy (non-hydrogen) atoms. The van der Waals surface area contributed by atoms with E-state index in [0.29, 0.717) is 5.56 Å². The average molecular weight is 387 g/mol. The fraction of sp³-hybridized carbons (Fsp3) is 0.440. The topological polar surface area (TPSA) is 36.7 Å². The summed E-state index contributed by atoms with van der Waals surface area (Å²) in [6.07, 6.45) is 12.6. The summed E-state index contributed by atoms with van der Waals surface area (Å²) in [6.45, 7) is 0. The van der Waals surface area contributed by atoms with E-state index in [9.17, 15) is 5.26 Å². The lowest BCUT2D eigenvalue weighted by Gasteiger charge is -2.56. The molecule has 4 aliphatic carbocycles. The molecule has 0 aliphatic heterocycles. The van der Waals surface area contributed by atoms with Crippen molar-refractivity contribution in [1.29, 1.82) is 5.26 Å². The number of nitrogens with zero attached hydrogens (tertiary/aromatic N) is 2. The van der Waals surface area contributed by atoms with Crippen LogP contribution in [-0.2, 0) is 5.41 Å². The molecule has 1 aromatic heterocycles. The van der Waals surface area contributed by atoms with E-state index in [1.165, 1.54) is 49.8 Å². The Hall–Kier alpha value is -2.05. The van der Waals surface area contributed by atoms with Crippen LogP contribution >= 0.6 is 11.8 Å². The second kappa shape index (κ2) is 7.41. The molecule has 4 fully saturated rings. The van der Waals surface area contributed by atoms with Crippen LogP contribution in [0.4, 0.5) is 0 Å². The van der Waals surface area contributed by atoms with Gasteiger partial charge in [0.05, 0.1) is 5.56 Å². The molecule has 4 bridgehead atoms. The molecule has 1 heterocycles. The van der Waals surface area contributed by atoms with E-state index in [1.54, 1.807) is 11.8 Å². The van der Waals surface area contributed by atoms with Crippen LogP contribution in [0.1, 0.15) is 55.3 Å². The molecule has 0 unspecified atom stereocenters. The highest BCUT2D eigenvalue weighted by atomic mass is 32.2. The van der Waals surface area contributed by atoms with Gasteiger partial charge < -0.3 is 0 Å². The summed E-state index contributed by atoms with van der Waals surface area (Å²) in [4.78, 5) is 5.08. The Morgan fingerprint density at radius 2 is 1.68 bits per heavy atom. The minimum absolute atomic E-state index is 0.290. The van der Waals surface area contributed by atoms with Crippen molar-refractivity contribution in [3.8, 4) is 6.07 Å². The third-order valence-corrected chi connectivity index (χ3v) is 7.93. The second-order valence-electron chi connectivity index (χ2n) is 8.98. The van der Waals surface area contributed by atoms with E-state index >= 15 is 0 Å². The van der Waals surface area contributed by atoms with Crippen molar-refractivity contribution in [2.75, 3.05) is 5.75 Å². The summed E-state index contributed by atoms with van der Waals surface area (Å²) < 4.78 is 0. The van der Waals surface area contributed by atoms with Gasteiger partial charge in [0.2, 0.25) is 0 Å². The number of benzene rings is 1. The first-order chi connectivity index (χ1) is 13.7. The summed E-state index contributed by atoms with van der Waals surface area (Å²) in [7, 11) is 0. The van der Waals surface area contributed by atoms with E-state index in [1.807, 2.05) is 12.1 Å². The highest BCUT2D eigenvalue weighted by molar-refractivity contribution is 7.99. The zero-order chi connectivity index (χ0) is 19.0. The summed E-state index contributed by atoms with van der Waals surface area (Å²) in [5.74, 6) is 3.57. The second-order valence-corrected chi connectivity index (χ2v) is 9.99. The predicted octanol–water partition coefficient (Wildman–Crippen LogP) is 6.23. The summed E-state index contributed by atoms with van der Waals surface area (Å²) in [5.41, 5.74) is 3.48. The number of rotatable bonds is 5. The average Bonchev–Trinajstić information content (AvgIpc) is 2.71. The number of aromatic nitrogens is 1. The van der Waals surface area contributed by atoms with Crippen LogP contribution < -0.4 is 0 Å². The fourth-order valence-electron chi connectivity index (χ4n) is 6.23. The van der Waals surface area contributed by atoms with E-state index in [2.05, 4.69) is 48.6 Å². The summed E-state index contributed by atoms with van der Waals surface area (Å²) in [6, 6.07) is 16.9.